The van der Waals surface area contributed by atoms with Gasteiger partial charge in [-0.05, 0) is 12.8 Å². The van der Waals surface area contributed by atoms with Crippen LogP contribution in [0.15, 0.2) is 0 Å². The molecule has 1 aliphatic rings. The molecule has 3 unspecified atom stereocenters. The average molecular weight is 365 g/mol. The maximum Gasteiger partial charge on any atom is 0.220 e. The van der Waals surface area contributed by atoms with E-state index in [9.17, 15) is 35.4 Å². The van der Waals surface area contributed by atoms with Crippen LogP contribution < -0.4 is 5.32 Å². The second-order valence-corrected chi connectivity index (χ2v) is 6.52. The quantitative estimate of drug-likeness (QED) is 0.236. The third kappa shape index (κ3) is 5.85. The summed E-state index contributed by atoms with van der Waals surface area (Å²) in [6.45, 7) is 2.75. The summed E-state index contributed by atoms with van der Waals surface area (Å²) in [5, 5.41) is 61.5. The number of aliphatic hydroxyl groups excluding tert-OH is 6. The van der Waals surface area contributed by atoms with E-state index < -0.39 is 48.6 Å². The molecular formula is C16H31NO8. The summed E-state index contributed by atoms with van der Waals surface area (Å²) in [7, 11) is 0. The van der Waals surface area contributed by atoms with Gasteiger partial charge in [-0.3, -0.25) is 4.79 Å². The van der Waals surface area contributed by atoms with Gasteiger partial charge in [0.1, 0.15) is 18.3 Å². The first-order valence-corrected chi connectivity index (χ1v) is 8.68. The highest BCUT2D eigenvalue weighted by atomic mass is 16.5. The van der Waals surface area contributed by atoms with Crippen LogP contribution in [0.3, 0.4) is 0 Å². The van der Waals surface area contributed by atoms with Crippen LogP contribution in [0, 0.1) is 5.92 Å². The second kappa shape index (κ2) is 10.4. The molecule has 1 saturated carbocycles. The lowest BCUT2D eigenvalue weighted by Gasteiger charge is -2.40. The number of ether oxygens (including phenoxy) is 1. The number of carbonyl (C=O) groups excluding carboxylic acids is 1. The molecule has 0 aliphatic heterocycles. The van der Waals surface area contributed by atoms with Crippen LogP contribution in [0.5, 0.6) is 0 Å². The highest BCUT2D eigenvalue weighted by Gasteiger charge is 2.43. The van der Waals surface area contributed by atoms with Crippen LogP contribution in [-0.2, 0) is 9.53 Å². The molecule has 1 aliphatic carbocycles. The average Bonchev–Trinajstić information content (AvgIpc) is 2.62. The standard InChI is InChI=1S/C16H31NO8/c1-3-10(19)14(22)9(17-12(20)4-2)7-25-11-5-8(6-18)13(21)16(24)15(11)23/h8-11,13-16,18-19,21-24H,3-7H2,1-2H3,(H,17,20)/t8?,9-,10+,11-,13-,14-,15?,16?/m0/s1. The Bertz CT molecular complexity index is 408. The number of nitrogens with one attached hydrogen (secondary N) is 1. The molecular weight excluding hydrogens is 334 g/mol. The fraction of sp³-hybridized carbons (Fsp3) is 0.938. The predicted octanol–water partition coefficient (Wildman–Crippen LogP) is -2.51. The van der Waals surface area contributed by atoms with Crippen LogP contribution >= 0.6 is 0 Å². The van der Waals surface area contributed by atoms with E-state index in [2.05, 4.69) is 5.32 Å². The maximum absolute atomic E-state index is 11.6. The van der Waals surface area contributed by atoms with Crippen molar-refractivity contribution in [2.75, 3.05) is 13.2 Å². The molecule has 0 saturated heterocycles. The molecule has 0 radical (unpaired) electrons. The lowest BCUT2D eigenvalue weighted by molar-refractivity contribution is -0.182. The molecule has 8 atom stereocenters. The van der Waals surface area contributed by atoms with Crippen LogP contribution in [0.25, 0.3) is 0 Å². The number of aliphatic hydroxyl groups is 6. The summed E-state index contributed by atoms with van der Waals surface area (Å²) in [4.78, 5) is 11.6. The van der Waals surface area contributed by atoms with Crippen molar-refractivity contribution in [1.82, 2.24) is 5.32 Å². The Labute approximate surface area is 147 Å². The number of hydrogen-bond acceptors (Lipinski definition) is 8. The Balaban J connectivity index is 2.75. The van der Waals surface area contributed by atoms with Gasteiger partial charge in [-0.15, -0.1) is 0 Å². The molecule has 1 fully saturated rings. The van der Waals surface area contributed by atoms with Crippen molar-refractivity contribution in [2.45, 2.75) is 75.8 Å². The molecule has 148 valence electrons. The van der Waals surface area contributed by atoms with Crippen LogP contribution in [-0.4, -0.2) is 92.4 Å². The molecule has 0 spiro atoms. The van der Waals surface area contributed by atoms with Gasteiger partial charge in [0, 0.05) is 18.9 Å². The molecule has 9 heteroatoms. The van der Waals surface area contributed by atoms with Gasteiger partial charge in [0.25, 0.3) is 0 Å². The molecule has 1 rings (SSSR count). The minimum Gasteiger partial charge on any atom is -0.396 e. The monoisotopic (exact) mass is 365 g/mol. The van der Waals surface area contributed by atoms with Crippen LogP contribution in [0.4, 0.5) is 0 Å². The zero-order valence-electron chi connectivity index (χ0n) is 14.7. The summed E-state index contributed by atoms with van der Waals surface area (Å²) in [5.41, 5.74) is 0. The topological polar surface area (TPSA) is 160 Å². The first-order chi connectivity index (χ1) is 11.8. The normalized spacial score (nSPS) is 33.5. The van der Waals surface area contributed by atoms with E-state index in [1.165, 1.54) is 0 Å². The minimum atomic E-state index is -1.47. The zero-order chi connectivity index (χ0) is 19.1. The van der Waals surface area contributed by atoms with Crippen LogP contribution in [0.2, 0.25) is 0 Å². The van der Waals surface area contributed by atoms with Crippen molar-refractivity contribution < 1.29 is 40.2 Å². The molecule has 7 N–H and O–H groups in total. The number of amides is 1. The van der Waals surface area contributed by atoms with E-state index in [1.54, 1.807) is 13.8 Å². The van der Waals surface area contributed by atoms with E-state index in [-0.39, 0.29) is 38.4 Å². The summed E-state index contributed by atoms with van der Waals surface area (Å²) >= 11 is 0. The van der Waals surface area contributed by atoms with Gasteiger partial charge in [0.05, 0.1) is 31.0 Å². The van der Waals surface area contributed by atoms with Crippen molar-refractivity contribution in [3.8, 4) is 0 Å². The fourth-order valence-corrected chi connectivity index (χ4v) is 2.90. The molecule has 0 bridgehead atoms. The van der Waals surface area contributed by atoms with Crippen LogP contribution in [0.1, 0.15) is 33.1 Å². The van der Waals surface area contributed by atoms with Gasteiger partial charge < -0.3 is 40.7 Å². The molecule has 9 nitrogen and oxygen atoms in total. The van der Waals surface area contributed by atoms with E-state index in [1.807, 2.05) is 0 Å². The van der Waals surface area contributed by atoms with Gasteiger partial charge in [0.2, 0.25) is 5.91 Å². The highest BCUT2D eigenvalue weighted by molar-refractivity contribution is 5.75. The van der Waals surface area contributed by atoms with Crippen molar-refractivity contribution in [3.63, 3.8) is 0 Å². The number of carbonyl (C=O) groups is 1. The molecule has 0 aromatic heterocycles. The molecule has 1 amide bonds. The van der Waals surface area contributed by atoms with Crippen molar-refractivity contribution in [2.24, 2.45) is 5.92 Å². The van der Waals surface area contributed by atoms with E-state index in [0.717, 1.165) is 0 Å². The van der Waals surface area contributed by atoms with Crippen molar-refractivity contribution in [1.29, 1.82) is 0 Å². The summed E-state index contributed by atoms with van der Waals surface area (Å²) in [6, 6.07) is -0.897. The van der Waals surface area contributed by atoms with Gasteiger partial charge in [0.15, 0.2) is 0 Å². The third-order valence-corrected chi connectivity index (χ3v) is 4.72. The van der Waals surface area contributed by atoms with Crippen molar-refractivity contribution in [3.05, 3.63) is 0 Å². The second-order valence-electron chi connectivity index (χ2n) is 6.52. The van der Waals surface area contributed by atoms with Gasteiger partial charge >= 0.3 is 0 Å². The molecule has 0 aromatic rings. The van der Waals surface area contributed by atoms with E-state index in [4.69, 9.17) is 4.74 Å². The maximum atomic E-state index is 11.6. The predicted molar refractivity (Wildman–Crippen MR) is 87.5 cm³/mol. The Morgan fingerprint density at radius 2 is 1.80 bits per heavy atom. The number of hydrogen-bond donors (Lipinski definition) is 7. The molecule has 25 heavy (non-hydrogen) atoms. The fourth-order valence-electron chi connectivity index (χ4n) is 2.90. The van der Waals surface area contributed by atoms with Gasteiger partial charge in [-0.2, -0.15) is 0 Å². The Morgan fingerprint density at radius 3 is 2.32 bits per heavy atom. The number of rotatable bonds is 9. The first-order valence-electron chi connectivity index (χ1n) is 8.68. The Kier molecular flexibility index (Phi) is 9.22. The smallest absolute Gasteiger partial charge is 0.220 e. The highest BCUT2D eigenvalue weighted by Crippen LogP contribution is 2.27. The van der Waals surface area contributed by atoms with Crippen molar-refractivity contribution >= 4 is 5.91 Å². The lowest BCUT2D eigenvalue weighted by Crippen LogP contribution is -2.57. The van der Waals surface area contributed by atoms with Gasteiger partial charge in [-0.1, -0.05) is 13.8 Å². The molecule has 0 heterocycles. The molecule has 0 aromatic carbocycles. The van der Waals surface area contributed by atoms with E-state index >= 15 is 0 Å². The lowest BCUT2D eigenvalue weighted by atomic mass is 9.81. The van der Waals surface area contributed by atoms with E-state index in [0.29, 0.717) is 0 Å². The minimum absolute atomic E-state index is 0.108. The largest absolute Gasteiger partial charge is 0.396 e. The summed E-state index contributed by atoms with van der Waals surface area (Å²) in [5.74, 6) is -0.984. The summed E-state index contributed by atoms with van der Waals surface area (Å²) in [6.07, 6.45) is -6.72. The first kappa shape index (κ1) is 22.2. The third-order valence-electron chi connectivity index (χ3n) is 4.72. The zero-order valence-corrected chi connectivity index (χ0v) is 14.7. The Morgan fingerprint density at radius 1 is 1.16 bits per heavy atom. The SMILES string of the molecule is CCC(=O)N[C@@H](CO[C@H]1CC(CO)[C@H](O)C(O)C1O)[C@H](O)[C@H](O)CC. The summed E-state index contributed by atoms with van der Waals surface area (Å²) < 4.78 is 5.55. The van der Waals surface area contributed by atoms with Gasteiger partial charge in [-0.25, -0.2) is 0 Å². The Hall–Kier alpha value is -0.810.